The number of nitrogens with one attached hydrogen (secondary N) is 2. The Kier molecular flexibility index (Phi) is 3.45. The van der Waals surface area contributed by atoms with Gasteiger partial charge in [0.25, 0.3) is 0 Å². The summed E-state index contributed by atoms with van der Waals surface area (Å²) in [5, 5.41) is 6.43. The van der Waals surface area contributed by atoms with Crippen molar-refractivity contribution in [3.63, 3.8) is 0 Å². The van der Waals surface area contributed by atoms with Crippen LogP contribution in [0.3, 0.4) is 0 Å². The van der Waals surface area contributed by atoms with Crippen LogP contribution in [0.1, 0.15) is 25.0 Å². The number of carbonyl (C=O) groups is 1. The first-order valence-corrected chi connectivity index (χ1v) is 8.21. The van der Waals surface area contributed by atoms with Crippen molar-refractivity contribution in [3.8, 4) is 11.5 Å². The Bertz CT molecular complexity index is 731. The maximum atomic E-state index is 12.5. The number of hydrogen-bond donors (Lipinski definition) is 2. The molecule has 23 heavy (non-hydrogen) atoms. The van der Waals surface area contributed by atoms with Crippen LogP contribution in [0.25, 0.3) is 11.5 Å². The lowest BCUT2D eigenvalue weighted by molar-refractivity contribution is -0.118. The zero-order chi connectivity index (χ0) is 15.9. The number of amides is 1. The van der Waals surface area contributed by atoms with Crippen molar-refractivity contribution in [2.45, 2.75) is 26.2 Å². The topological polar surface area (TPSA) is 67.2 Å². The van der Waals surface area contributed by atoms with Gasteiger partial charge >= 0.3 is 0 Å². The summed E-state index contributed by atoms with van der Waals surface area (Å²) in [5.41, 5.74) is 1.94. The maximum absolute atomic E-state index is 12.5. The molecule has 120 valence electrons. The molecule has 2 aliphatic rings. The molecule has 2 heterocycles. The Labute approximate surface area is 135 Å². The number of hydrogen-bond acceptors (Lipinski definition) is 4. The molecule has 2 fully saturated rings. The van der Waals surface area contributed by atoms with E-state index in [2.05, 4.69) is 15.6 Å². The highest BCUT2D eigenvalue weighted by molar-refractivity contribution is 5.95. The molecule has 0 bridgehead atoms. The van der Waals surface area contributed by atoms with Crippen LogP contribution in [-0.4, -0.2) is 24.0 Å². The Hall–Kier alpha value is -2.14. The second-order valence-corrected chi connectivity index (χ2v) is 6.72. The molecule has 0 radical (unpaired) electrons. The van der Waals surface area contributed by atoms with E-state index in [9.17, 15) is 4.79 Å². The lowest BCUT2D eigenvalue weighted by Crippen LogP contribution is -2.31. The van der Waals surface area contributed by atoms with Crippen molar-refractivity contribution < 1.29 is 9.21 Å². The number of aromatic nitrogens is 1. The van der Waals surface area contributed by atoms with Gasteiger partial charge < -0.3 is 15.1 Å². The van der Waals surface area contributed by atoms with E-state index in [-0.39, 0.29) is 17.2 Å². The van der Waals surface area contributed by atoms with Gasteiger partial charge in [-0.1, -0.05) is 6.07 Å². The molecule has 2 N–H and O–H groups in total. The van der Waals surface area contributed by atoms with Gasteiger partial charge in [-0.05, 0) is 62.9 Å². The standard InChI is InChI=1S/C18H21N3O2/c1-12-11-20-17(23-12)13-3-2-4-14(9-13)21-16(22)15-10-18(15)5-7-19-8-6-18/h2-4,9,11,15,19H,5-8,10H2,1H3,(H,21,22). The molecule has 4 rings (SSSR count). The number of carbonyl (C=O) groups excluding carboxylic acids is 1. The molecule has 1 saturated carbocycles. The van der Waals surface area contributed by atoms with Crippen molar-refractivity contribution in [2.24, 2.45) is 11.3 Å². The van der Waals surface area contributed by atoms with Crippen molar-refractivity contribution in [3.05, 3.63) is 36.2 Å². The molecular formula is C18H21N3O2. The highest BCUT2D eigenvalue weighted by Crippen LogP contribution is 2.58. The first-order valence-electron chi connectivity index (χ1n) is 8.21. The van der Waals surface area contributed by atoms with Gasteiger partial charge in [-0.3, -0.25) is 4.79 Å². The fourth-order valence-corrected chi connectivity index (χ4v) is 3.64. The summed E-state index contributed by atoms with van der Waals surface area (Å²) in [6.07, 6.45) is 4.95. The third-order valence-corrected chi connectivity index (χ3v) is 5.10. The van der Waals surface area contributed by atoms with Gasteiger partial charge in [0.1, 0.15) is 5.76 Å². The summed E-state index contributed by atoms with van der Waals surface area (Å²) in [7, 11) is 0. The van der Waals surface area contributed by atoms with Crippen LogP contribution in [0.5, 0.6) is 0 Å². The molecule has 5 heteroatoms. The largest absolute Gasteiger partial charge is 0.441 e. The summed E-state index contributed by atoms with van der Waals surface area (Å²) in [6, 6.07) is 7.68. The summed E-state index contributed by atoms with van der Waals surface area (Å²) in [5.74, 6) is 1.67. The third-order valence-electron chi connectivity index (χ3n) is 5.10. The molecule has 1 unspecified atom stereocenters. The predicted molar refractivity (Wildman–Crippen MR) is 87.9 cm³/mol. The van der Waals surface area contributed by atoms with Crippen LogP contribution in [-0.2, 0) is 4.79 Å². The number of benzene rings is 1. The normalized spacial score (nSPS) is 22.0. The van der Waals surface area contributed by atoms with Crippen molar-refractivity contribution in [2.75, 3.05) is 18.4 Å². The third kappa shape index (κ3) is 2.77. The van der Waals surface area contributed by atoms with Crippen LogP contribution in [0.4, 0.5) is 5.69 Å². The van der Waals surface area contributed by atoms with Gasteiger partial charge in [0.15, 0.2) is 0 Å². The number of oxazole rings is 1. The molecule has 1 amide bonds. The van der Waals surface area contributed by atoms with E-state index in [1.165, 1.54) is 0 Å². The van der Waals surface area contributed by atoms with E-state index >= 15 is 0 Å². The minimum absolute atomic E-state index is 0.146. The zero-order valence-electron chi connectivity index (χ0n) is 13.3. The van der Waals surface area contributed by atoms with Gasteiger partial charge in [0.05, 0.1) is 6.20 Å². The second-order valence-electron chi connectivity index (χ2n) is 6.72. The Morgan fingerprint density at radius 2 is 2.22 bits per heavy atom. The van der Waals surface area contributed by atoms with Gasteiger partial charge in [0, 0.05) is 17.2 Å². The van der Waals surface area contributed by atoms with E-state index in [1.54, 1.807) is 6.20 Å². The first kappa shape index (κ1) is 14.5. The predicted octanol–water partition coefficient (Wildman–Crippen LogP) is 2.98. The number of nitrogens with zero attached hydrogens (tertiary/aromatic N) is 1. The number of aryl methyl sites for hydroxylation is 1. The van der Waals surface area contributed by atoms with E-state index in [1.807, 2.05) is 31.2 Å². The minimum atomic E-state index is 0.146. The average molecular weight is 311 g/mol. The molecule has 5 nitrogen and oxygen atoms in total. The minimum Gasteiger partial charge on any atom is -0.441 e. The molecule has 1 aliphatic carbocycles. The summed E-state index contributed by atoms with van der Waals surface area (Å²) >= 11 is 0. The van der Waals surface area contributed by atoms with Gasteiger partial charge in [0.2, 0.25) is 11.8 Å². The van der Waals surface area contributed by atoms with Crippen molar-refractivity contribution >= 4 is 11.6 Å². The number of anilines is 1. The summed E-state index contributed by atoms with van der Waals surface area (Å²) in [6.45, 7) is 3.93. The van der Waals surface area contributed by atoms with Crippen LogP contribution >= 0.6 is 0 Å². The quantitative estimate of drug-likeness (QED) is 0.914. The zero-order valence-corrected chi connectivity index (χ0v) is 13.3. The van der Waals surface area contributed by atoms with Gasteiger partial charge in [-0.2, -0.15) is 0 Å². The first-order chi connectivity index (χ1) is 11.2. The summed E-state index contributed by atoms with van der Waals surface area (Å²) in [4.78, 5) is 16.8. The lowest BCUT2D eigenvalue weighted by atomic mass is 9.92. The second kappa shape index (κ2) is 5.49. The van der Waals surface area contributed by atoms with Crippen molar-refractivity contribution in [1.82, 2.24) is 10.3 Å². The highest BCUT2D eigenvalue weighted by atomic mass is 16.4. The summed E-state index contributed by atoms with van der Waals surface area (Å²) < 4.78 is 5.55. The molecule has 1 aromatic carbocycles. The van der Waals surface area contributed by atoms with Gasteiger partial charge in [-0.25, -0.2) is 4.98 Å². The van der Waals surface area contributed by atoms with Crippen LogP contribution < -0.4 is 10.6 Å². The average Bonchev–Trinajstić information content (AvgIpc) is 3.06. The van der Waals surface area contributed by atoms with E-state index < -0.39 is 0 Å². The monoisotopic (exact) mass is 311 g/mol. The van der Waals surface area contributed by atoms with Crippen LogP contribution in [0.15, 0.2) is 34.9 Å². The molecule has 2 aromatic rings. The molecule has 1 aliphatic heterocycles. The SMILES string of the molecule is Cc1cnc(-c2cccc(NC(=O)C3CC34CCNCC4)c2)o1. The Morgan fingerprint density at radius 1 is 1.39 bits per heavy atom. The molecule has 1 aromatic heterocycles. The molecule has 1 atom stereocenters. The van der Waals surface area contributed by atoms with E-state index in [0.29, 0.717) is 5.89 Å². The fraction of sp³-hybridized carbons (Fsp3) is 0.444. The highest BCUT2D eigenvalue weighted by Gasteiger charge is 2.57. The molecule has 1 saturated heterocycles. The molecule has 1 spiro atoms. The maximum Gasteiger partial charge on any atom is 0.228 e. The Balaban J connectivity index is 1.46. The number of rotatable bonds is 3. The number of piperidine rings is 1. The van der Waals surface area contributed by atoms with E-state index in [4.69, 9.17) is 4.42 Å². The van der Waals surface area contributed by atoms with Crippen LogP contribution in [0, 0.1) is 18.3 Å². The lowest BCUT2D eigenvalue weighted by Gasteiger charge is -2.23. The molecular weight excluding hydrogens is 290 g/mol. The smallest absolute Gasteiger partial charge is 0.228 e. The fourth-order valence-electron chi connectivity index (χ4n) is 3.64. The van der Waals surface area contributed by atoms with Crippen molar-refractivity contribution in [1.29, 1.82) is 0 Å². The van der Waals surface area contributed by atoms with E-state index in [0.717, 1.165) is 49.4 Å². The Morgan fingerprint density at radius 3 is 2.96 bits per heavy atom. The van der Waals surface area contributed by atoms with Crippen LogP contribution in [0.2, 0.25) is 0 Å². The van der Waals surface area contributed by atoms with Gasteiger partial charge in [-0.15, -0.1) is 0 Å².